The molecule has 0 spiro atoms. The highest BCUT2D eigenvalue weighted by Crippen LogP contribution is 2.20. The summed E-state index contributed by atoms with van der Waals surface area (Å²) in [5.41, 5.74) is 0. The first kappa shape index (κ1) is 13.8. The van der Waals surface area contributed by atoms with Crippen molar-refractivity contribution >= 4 is 5.91 Å². The number of carbonyl (C=O) groups excluding carboxylic acids is 1. The summed E-state index contributed by atoms with van der Waals surface area (Å²) in [7, 11) is 0. The first-order valence-electron chi connectivity index (χ1n) is 7.52. The lowest BCUT2D eigenvalue weighted by molar-refractivity contribution is -0.130. The SMILES string of the molecule is CCCNC1CCN(CC2CCCN2CC)C1=O. The molecule has 2 fully saturated rings. The number of likely N-dealkylation sites (tertiary alicyclic amines) is 2. The number of nitrogens with one attached hydrogen (secondary N) is 1. The van der Waals surface area contributed by atoms with Crippen molar-refractivity contribution in [1.29, 1.82) is 0 Å². The molecule has 1 amide bonds. The lowest BCUT2D eigenvalue weighted by atomic mass is 10.2. The van der Waals surface area contributed by atoms with Crippen molar-refractivity contribution in [2.75, 3.05) is 32.7 Å². The van der Waals surface area contributed by atoms with E-state index in [0.29, 0.717) is 11.9 Å². The molecule has 2 saturated heterocycles. The summed E-state index contributed by atoms with van der Waals surface area (Å²) in [5, 5.41) is 3.36. The van der Waals surface area contributed by atoms with E-state index in [4.69, 9.17) is 0 Å². The fraction of sp³-hybridized carbons (Fsp3) is 0.929. The molecule has 0 aliphatic carbocycles. The summed E-state index contributed by atoms with van der Waals surface area (Å²) < 4.78 is 0. The monoisotopic (exact) mass is 253 g/mol. The lowest BCUT2D eigenvalue weighted by Crippen LogP contribution is -2.44. The zero-order valence-corrected chi connectivity index (χ0v) is 11.8. The van der Waals surface area contributed by atoms with Crippen molar-refractivity contribution in [1.82, 2.24) is 15.1 Å². The van der Waals surface area contributed by atoms with Crippen molar-refractivity contribution < 1.29 is 4.79 Å². The molecular weight excluding hydrogens is 226 g/mol. The van der Waals surface area contributed by atoms with Crippen LogP contribution in [0.25, 0.3) is 0 Å². The van der Waals surface area contributed by atoms with E-state index in [1.807, 2.05) is 0 Å². The number of nitrogens with zero attached hydrogens (tertiary/aromatic N) is 2. The van der Waals surface area contributed by atoms with Crippen molar-refractivity contribution in [3.8, 4) is 0 Å². The summed E-state index contributed by atoms with van der Waals surface area (Å²) in [6.07, 6.45) is 4.62. The molecule has 0 aromatic rings. The van der Waals surface area contributed by atoms with Crippen LogP contribution in [-0.2, 0) is 4.79 Å². The highest BCUT2D eigenvalue weighted by atomic mass is 16.2. The number of likely N-dealkylation sites (N-methyl/N-ethyl adjacent to an activating group) is 1. The van der Waals surface area contributed by atoms with E-state index >= 15 is 0 Å². The zero-order valence-electron chi connectivity index (χ0n) is 11.8. The first-order chi connectivity index (χ1) is 8.76. The molecule has 0 saturated carbocycles. The quantitative estimate of drug-likeness (QED) is 0.769. The van der Waals surface area contributed by atoms with Crippen LogP contribution >= 0.6 is 0 Å². The van der Waals surface area contributed by atoms with Crippen molar-refractivity contribution in [2.45, 2.75) is 51.6 Å². The second-order valence-corrected chi connectivity index (χ2v) is 5.50. The van der Waals surface area contributed by atoms with Gasteiger partial charge in [-0.3, -0.25) is 9.69 Å². The Morgan fingerprint density at radius 1 is 1.28 bits per heavy atom. The van der Waals surface area contributed by atoms with E-state index in [2.05, 4.69) is 29.0 Å². The predicted molar refractivity (Wildman–Crippen MR) is 73.5 cm³/mol. The van der Waals surface area contributed by atoms with Crippen LogP contribution in [0, 0.1) is 0 Å². The van der Waals surface area contributed by atoms with Gasteiger partial charge in [-0.2, -0.15) is 0 Å². The van der Waals surface area contributed by atoms with Gasteiger partial charge in [0.05, 0.1) is 6.04 Å². The maximum atomic E-state index is 12.2. The molecule has 4 heteroatoms. The van der Waals surface area contributed by atoms with Crippen LogP contribution in [0.15, 0.2) is 0 Å². The number of amides is 1. The van der Waals surface area contributed by atoms with Gasteiger partial charge in [0, 0.05) is 19.1 Å². The molecule has 0 radical (unpaired) electrons. The van der Waals surface area contributed by atoms with Crippen molar-refractivity contribution in [3.63, 3.8) is 0 Å². The van der Waals surface area contributed by atoms with Crippen LogP contribution in [0.4, 0.5) is 0 Å². The Hall–Kier alpha value is -0.610. The molecule has 0 aromatic heterocycles. The van der Waals surface area contributed by atoms with Gasteiger partial charge in [-0.25, -0.2) is 0 Å². The van der Waals surface area contributed by atoms with Gasteiger partial charge >= 0.3 is 0 Å². The highest BCUT2D eigenvalue weighted by molar-refractivity contribution is 5.84. The Balaban J connectivity index is 1.82. The van der Waals surface area contributed by atoms with Gasteiger partial charge in [-0.15, -0.1) is 0 Å². The van der Waals surface area contributed by atoms with Crippen LogP contribution in [0.2, 0.25) is 0 Å². The molecule has 1 N–H and O–H groups in total. The predicted octanol–water partition coefficient (Wildman–Crippen LogP) is 1.07. The van der Waals surface area contributed by atoms with Crippen LogP contribution in [0.5, 0.6) is 0 Å². The topological polar surface area (TPSA) is 35.6 Å². The van der Waals surface area contributed by atoms with E-state index < -0.39 is 0 Å². The van der Waals surface area contributed by atoms with Gasteiger partial charge in [-0.05, 0) is 45.3 Å². The zero-order chi connectivity index (χ0) is 13.0. The van der Waals surface area contributed by atoms with Crippen LogP contribution in [-0.4, -0.2) is 60.5 Å². The number of hydrogen-bond acceptors (Lipinski definition) is 3. The summed E-state index contributed by atoms with van der Waals surface area (Å²) in [6, 6.07) is 0.685. The van der Waals surface area contributed by atoms with E-state index in [0.717, 1.165) is 39.0 Å². The van der Waals surface area contributed by atoms with E-state index in [9.17, 15) is 4.79 Å². The Morgan fingerprint density at radius 3 is 2.83 bits per heavy atom. The van der Waals surface area contributed by atoms with Gasteiger partial charge in [0.2, 0.25) is 5.91 Å². The minimum absolute atomic E-state index is 0.0847. The smallest absolute Gasteiger partial charge is 0.239 e. The average molecular weight is 253 g/mol. The molecule has 0 bridgehead atoms. The van der Waals surface area contributed by atoms with Gasteiger partial charge < -0.3 is 10.2 Å². The van der Waals surface area contributed by atoms with Crippen LogP contribution in [0.3, 0.4) is 0 Å². The Bertz CT molecular complexity index is 282. The Morgan fingerprint density at radius 2 is 2.11 bits per heavy atom. The lowest BCUT2D eigenvalue weighted by Gasteiger charge is -2.27. The van der Waals surface area contributed by atoms with Crippen LogP contribution in [0.1, 0.15) is 39.5 Å². The Kier molecular flexibility index (Phi) is 5.01. The standard InChI is InChI=1S/C14H27N3O/c1-3-8-15-13-7-10-17(14(13)18)11-12-6-5-9-16(12)4-2/h12-13,15H,3-11H2,1-2H3. The third-order valence-corrected chi connectivity index (χ3v) is 4.27. The number of rotatable bonds is 6. The molecule has 2 rings (SSSR count). The summed E-state index contributed by atoms with van der Waals surface area (Å²) in [5.74, 6) is 0.325. The molecular formula is C14H27N3O. The molecule has 2 unspecified atom stereocenters. The molecule has 18 heavy (non-hydrogen) atoms. The molecule has 2 aliphatic rings. The Labute approximate surface area is 111 Å². The second-order valence-electron chi connectivity index (χ2n) is 5.50. The molecule has 104 valence electrons. The molecule has 2 atom stereocenters. The van der Waals surface area contributed by atoms with Gasteiger partial charge in [0.1, 0.15) is 0 Å². The van der Waals surface area contributed by atoms with Crippen molar-refractivity contribution in [2.24, 2.45) is 0 Å². The minimum Gasteiger partial charge on any atom is -0.340 e. The maximum Gasteiger partial charge on any atom is 0.239 e. The third-order valence-electron chi connectivity index (χ3n) is 4.27. The fourth-order valence-corrected chi connectivity index (χ4v) is 3.20. The molecule has 0 aromatic carbocycles. The van der Waals surface area contributed by atoms with Crippen molar-refractivity contribution in [3.05, 3.63) is 0 Å². The number of hydrogen-bond donors (Lipinski definition) is 1. The molecule has 2 aliphatic heterocycles. The summed E-state index contributed by atoms with van der Waals surface area (Å²) >= 11 is 0. The highest BCUT2D eigenvalue weighted by Gasteiger charge is 2.34. The molecule has 4 nitrogen and oxygen atoms in total. The first-order valence-corrected chi connectivity index (χ1v) is 7.52. The van der Waals surface area contributed by atoms with Crippen LogP contribution < -0.4 is 5.32 Å². The number of carbonyl (C=O) groups is 1. The average Bonchev–Trinajstić information content (AvgIpc) is 2.96. The third kappa shape index (κ3) is 3.04. The second kappa shape index (κ2) is 6.53. The van der Waals surface area contributed by atoms with Gasteiger partial charge in [-0.1, -0.05) is 13.8 Å². The van der Waals surface area contributed by atoms with Gasteiger partial charge in [0.15, 0.2) is 0 Å². The molecule has 2 heterocycles. The van der Waals surface area contributed by atoms with Gasteiger partial charge in [0.25, 0.3) is 0 Å². The summed E-state index contributed by atoms with van der Waals surface area (Å²) in [4.78, 5) is 16.8. The largest absolute Gasteiger partial charge is 0.340 e. The van der Waals surface area contributed by atoms with E-state index in [1.54, 1.807) is 0 Å². The minimum atomic E-state index is 0.0847. The summed E-state index contributed by atoms with van der Waals surface area (Å²) in [6.45, 7) is 9.52. The van der Waals surface area contributed by atoms with E-state index in [-0.39, 0.29) is 6.04 Å². The fourth-order valence-electron chi connectivity index (χ4n) is 3.20. The van der Waals surface area contributed by atoms with E-state index in [1.165, 1.54) is 19.4 Å². The maximum absolute atomic E-state index is 12.2. The normalized spacial score (nSPS) is 29.4.